The Morgan fingerprint density at radius 3 is 3.15 bits per heavy atom. The molecule has 2 aliphatic rings. The molecule has 1 aromatic heterocycles. The van der Waals surface area contributed by atoms with E-state index in [9.17, 15) is 0 Å². The fraction of sp³-hybridized carbons (Fsp3) is 0.778. The number of aryl methyl sites for hydroxylation is 1. The van der Waals surface area contributed by atoms with Crippen LogP contribution >= 0.6 is 0 Å². The Kier molecular flexibility index (Phi) is 1.34. The van der Waals surface area contributed by atoms with E-state index in [-0.39, 0.29) is 5.54 Å². The maximum Gasteiger partial charge on any atom is 0.132 e. The molecule has 2 N–H and O–H groups in total. The second-order valence-corrected chi connectivity index (χ2v) is 4.37. The average Bonchev–Trinajstić information content (AvgIpc) is 2.74. The molecule has 13 heavy (non-hydrogen) atoms. The highest BCUT2D eigenvalue weighted by atomic mass is 15.3. The van der Waals surface area contributed by atoms with Crippen molar-refractivity contribution in [2.75, 3.05) is 0 Å². The lowest BCUT2D eigenvalue weighted by Gasteiger charge is -2.27. The topological polar surface area (TPSA) is 56.7 Å². The van der Waals surface area contributed by atoms with Gasteiger partial charge >= 0.3 is 0 Å². The van der Waals surface area contributed by atoms with Crippen LogP contribution in [0.3, 0.4) is 0 Å². The summed E-state index contributed by atoms with van der Waals surface area (Å²) >= 11 is 0. The third-order valence-electron chi connectivity index (χ3n) is 3.47. The molecule has 1 aromatic rings. The zero-order valence-electron chi connectivity index (χ0n) is 7.61. The van der Waals surface area contributed by atoms with Crippen molar-refractivity contribution in [3.63, 3.8) is 0 Å². The minimum absolute atomic E-state index is 0.155. The predicted molar refractivity (Wildman–Crippen MR) is 48.0 cm³/mol. The van der Waals surface area contributed by atoms with E-state index in [4.69, 9.17) is 5.73 Å². The Labute approximate surface area is 77.1 Å². The van der Waals surface area contributed by atoms with Gasteiger partial charge in [-0.05, 0) is 25.2 Å². The third-order valence-corrected chi connectivity index (χ3v) is 3.47. The summed E-state index contributed by atoms with van der Waals surface area (Å²) in [6.45, 7) is 1.03. The highest BCUT2D eigenvalue weighted by Crippen LogP contribution is 2.43. The summed E-state index contributed by atoms with van der Waals surface area (Å²) in [5.74, 6) is 1.77. The Hall–Kier alpha value is -0.900. The largest absolute Gasteiger partial charge is 0.325 e. The smallest absolute Gasteiger partial charge is 0.132 e. The molecule has 0 aromatic carbocycles. The van der Waals surface area contributed by atoms with Crippen LogP contribution in [0.1, 0.15) is 25.1 Å². The van der Waals surface area contributed by atoms with Gasteiger partial charge in [-0.15, -0.1) is 10.2 Å². The van der Waals surface area contributed by atoms with E-state index in [0.29, 0.717) is 5.92 Å². The molecule has 1 fully saturated rings. The van der Waals surface area contributed by atoms with E-state index in [0.717, 1.165) is 18.8 Å². The first kappa shape index (κ1) is 7.50. The maximum atomic E-state index is 6.19. The highest BCUT2D eigenvalue weighted by molar-refractivity contribution is 5.07. The molecule has 4 nitrogen and oxygen atoms in total. The predicted octanol–water partition coefficient (Wildman–Crippen LogP) is 0.332. The summed E-state index contributed by atoms with van der Waals surface area (Å²) in [4.78, 5) is 0. The van der Waals surface area contributed by atoms with Gasteiger partial charge in [0.25, 0.3) is 0 Å². The fourth-order valence-electron chi connectivity index (χ4n) is 2.28. The summed E-state index contributed by atoms with van der Waals surface area (Å²) in [5.41, 5.74) is 6.35. The SMILES string of the molecule is NC1(C2CCc3nncn3C2)CC1. The van der Waals surface area contributed by atoms with E-state index in [1.165, 1.54) is 19.3 Å². The summed E-state index contributed by atoms with van der Waals surface area (Å²) in [5, 5.41) is 7.98. The molecule has 1 unspecified atom stereocenters. The lowest BCUT2D eigenvalue weighted by Crippen LogP contribution is -2.38. The molecule has 0 bridgehead atoms. The number of nitrogens with two attached hydrogens (primary N) is 1. The van der Waals surface area contributed by atoms with Crippen LogP contribution in [-0.2, 0) is 13.0 Å². The lowest BCUT2D eigenvalue weighted by atomic mass is 9.90. The molecule has 0 saturated heterocycles. The zero-order valence-corrected chi connectivity index (χ0v) is 7.61. The minimum atomic E-state index is 0.155. The van der Waals surface area contributed by atoms with E-state index >= 15 is 0 Å². The van der Waals surface area contributed by atoms with Crippen molar-refractivity contribution in [2.24, 2.45) is 11.7 Å². The van der Waals surface area contributed by atoms with Gasteiger partial charge in [-0.2, -0.15) is 0 Å². The third kappa shape index (κ3) is 1.09. The van der Waals surface area contributed by atoms with Crippen LogP contribution < -0.4 is 5.73 Å². The van der Waals surface area contributed by atoms with Crippen molar-refractivity contribution in [1.82, 2.24) is 14.8 Å². The molecule has 2 heterocycles. The quantitative estimate of drug-likeness (QED) is 0.674. The highest BCUT2D eigenvalue weighted by Gasteiger charge is 2.46. The molecule has 1 aliphatic carbocycles. The van der Waals surface area contributed by atoms with Crippen LogP contribution in [0.2, 0.25) is 0 Å². The Balaban J connectivity index is 1.84. The second kappa shape index (κ2) is 2.32. The van der Waals surface area contributed by atoms with Gasteiger partial charge in [0, 0.05) is 18.5 Å². The number of rotatable bonds is 1. The number of hydrogen-bond donors (Lipinski definition) is 1. The molecular weight excluding hydrogens is 164 g/mol. The van der Waals surface area contributed by atoms with Crippen LogP contribution in [-0.4, -0.2) is 20.3 Å². The summed E-state index contributed by atoms with van der Waals surface area (Å²) in [6.07, 6.45) is 6.47. The van der Waals surface area contributed by atoms with Gasteiger partial charge in [-0.25, -0.2) is 0 Å². The molecule has 3 rings (SSSR count). The molecule has 1 aliphatic heterocycles. The van der Waals surface area contributed by atoms with Crippen LogP contribution in [0.25, 0.3) is 0 Å². The van der Waals surface area contributed by atoms with Gasteiger partial charge in [0.05, 0.1) is 0 Å². The molecule has 1 saturated carbocycles. The van der Waals surface area contributed by atoms with Crippen molar-refractivity contribution < 1.29 is 0 Å². The van der Waals surface area contributed by atoms with Gasteiger partial charge < -0.3 is 10.3 Å². The number of fused-ring (bicyclic) bond motifs is 1. The van der Waals surface area contributed by atoms with Gasteiger partial charge in [0.1, 0.15) is 12.2 Å². The van der Waals surface area contributed by atoms with Gasteiger partial charge in [-0.1, -0.05) is 0 Å². The van der Waals surface area contributed by atoms with Gasteiger partial charge in [-0.3, -0.25) is 0 Å². The first-order valence-electron chi connectivity index (χ1n) is 4.93. The van der Waals surface area contributed by atoms with Crippen LogP contribution in [0, 0.1) is 5.92 Å². The normalized spacial score (nSPS) is 29.8. The molecular formula is C9H14N4. The number of aromatic nitrogens is 3. The Morgan fingerprint density at radius 2 is 2.38 bits per heavy atom. The number of nitrogens with zero attached hydrogens (tertiary/aromatic N) is 3. The summed E-state index contributed by atoms with van der Waals surface area (Å²) in [7, 11) is 0. The zero-order chi connectivity index (χ0) is 8.89. The van der Waals surface area contributed by atoms with Crippen molar-refractivity contribution in [1.29, 1.82) is 0 Å². The van der Waals surface area contributed by atoms with Crippen molar-refractivity contribution in [3.8, 4) is 0 Å². The maximum absolute atomic E-state index is 6.19. The van der Waals surface area contributed by atoms with Crippen molar-refractivity contribution in [2.45, 2.75) is 37.8 Å². The van der Waals surface area contributed by atoms with Crippen molar-refractivity contribution in [3.05, 3.63) is 12.2 Å². The Bertz CT molecular complexity index is 326. The molecule has 0 radical (unpaired) electrons. The second-order valence-electron chi connectivity index (χ2n) is 4.37. The molecule has 0 spiro atoms. The van der Waals surface area contributed by atoms with E-state index in [2.05, 4.69) is 14.8 Å². The first-order valence-corrected chi connectivity index (χ1v) is 4.93. The monoisotopic (exact) mass is 178 g/mol. The lowest BCUT2D eigenvalue weighted by molar-refractivity contribution is 0.295. The first-order chi connectivity index (χ1) is 6.28. The number of hydrogen-bond acceptors (Lipinski definition) is 3. The standard InChI is InChI=1S/C9H14N4/c10-9(3-4-9)7-1-2-8-12-11-6-13(8)5-7/h6-7H,1-5,10H2. The molecule has 0 amide bonds. The molecule has 4 heteroatoms. The Morgan fingerprint density at radius 1 is 1.54 bits per heavy atom. The van der Waals surface area contributed by atoms with Crippen molar-refractivity contribution >= 4 is 0 Å². The van der Waals surface area contributed by atoms with Gasteiger partial charge in [0.2, 0.25) is 0 Å². The molecule has 1 atom stereocenters. The van der Waals surface area contributed by atoms with Gasteiger partial charge in [0.15, 0.2) is 0 Å². The van der Waals surface area contributed by atoms with Crippen LogP contribution in [0.15, 0.2) is 6.33 Å². The van der Waals surface area contributed by atoms with E-state index in [1.807, 2.05) is 6.33 Å². The van der Waals surface area contributed by atoms with E-state index < -0.39 is 0 Å². The molecule has 70 valence electrons. The average molecular weight is 178 g/mol. The minimum Gasteiger partial charge on any atom is -0.325 e. The van der Waals surface area contributed by atoms with E-state index in [1.54, 1.807) is 0 Å². The van der Waals surface area contributed by atoms with Crippen LogP contribution in [0.5, 0.6) is 0 Å². The summed E-state index contributed by atoms with van der Waals surface area (Å²) in [6, 6.07) is 0. The van der Waals surface area contributed by atoms with Crippen LogP contribution in [0.4, 0.5) is 0 Å². The fourth-order valence-corrected chi connectivity index (χ4v) is 2.28. The summed E-state index contributed by atoms with van der Waals surface area (Å²) < 4.78 is 2.15.